The molecule has 12 heteroatoms. The van der Waals surface area contributed by atoms with E-state index in [1.54, 1.807) is 54.8 Å². The summed E-state index contributed by atoms with van der Waals surface area (Å²) < 4.78 is 29.6. The zero-order valence-corrected chi connectivity index (χ0v) is 35.0. The van der Waals surface area contributed by atoms with Gasteiger partial charge in [-0.25, -0.2) is 19.4 Å². The van der Waals surface area contributed by atoms with Crippen molar-refractivity contribution in [3.63, 3.8) is 0 Å². The van der Waals surface area contributed by atoms with Crippen molar-refractivity contribution in [2.75, 3.05) is 25.2 Å². The van der Waals surface area contributed by atoms with Gasteiger partial charge in [-0.05, 0) is 129 Å². The second kappa shape index (κ2) is 23.4. The normalized spacial score (nSPS) is 13.5. The van der Waals surface area contributed by atoms with Crippen molar-refractivity contribution >= 4 is 61.6 Å². The zero-order valence-electron chi connectivity index (χ0n) is 34.2. The number of hydrogen-bond acceptors (Lipinski definition) is 12. The van der Waals surface area contributed by atoms with Crippen LogP contribution >= 0.6 is 11.3 Å². The van der Waals surface area contributed by atoms with Crippen LogP contribution in [0.25, 0.3) is 21.0 Å². The van der Waals surface area contributed by atoms with E-state index < -0.39 is 17.9 Å². The van der Waals surface area contributed by atoms with Crippen molar-refractivity contribution < 1.29 is 38.1 Å². The lowest BCUT2D eigenvalue weighted by molar-refractivity contribution is -0.137. The number of fused-ring (bicyclic) bond motifs is 2. The highest BCUT2D eigenvalue weighted by atomic mass is 32.1. The molecule has 0 aliphatic heterocycles. The van der Waals surface area contributed by atoms with E-state index in [2.05, 4.69) is 28.7 Å². The molecule has 1 heterocycles. The number of carbonyl (C=O) groups is 3. The topological polar surface area (TPSA) is 135 Å². The summed E-state index contributed by atoms with van der Waals surface area (Å²) in [5, 5.41) is 6.55. The summed E-state index contributed by atoms with van der Waals surface area (Å²) in [6.45, 7) is 8.74. The van der Waals surface area contributed by atoms with Gasteiger partial charge in [0.05, 0.1) is 46.9 Å². The summed E-state index contributed by atoms with van der Waals surface area (Å²) in [6.07, 6.45) is 19.7. The minimum absolute atomic E-state index is 0.0625. The van der Waals surface area contributed by atoms with Gasteiger partial charge in [0.15, 0.2) is 0 Å². The molecule has 0 bridgehead atoms. The molecule has 0 saturated heterocycles. The van der Waals surface area contributed by atoms with Crippen molar-refractivity contribution in [1.29, 1.82) is 0 Å². The molecule has 1 aliphatic carbocycles. The third-order valence-electron chi connectivity index (χ3n) is 9.75. The fourth-order valence-corrected chi connectivity index (χ4v) is 7.26. The third-order valence-corrected chi connectivity index (χ3v) is 10.7. The molecule has 1 aromatic heterocycles. The molecule has 1 atom stereocenters. The summed E-state index contributed by atoms with van der Waals surface area (Å²) in [4.78, 5) is 42.3. The van der Waals surface area contributed by atoms with Crippen LogP contribution in [0.4, 0.5) is 5.13 Å². The Morgan fingerprint density at radius 1 is 0.803 bits per heavy atom. The van der Waals surface area contributed by atoms with Crippen LogP contribution in [0.2, 0.25) is 0 Å². The number of anilines is 1. The number of benzene rings is 4. The fraction of sp³-hybridized carbons (Fsp3) is 0.286. The predicted octanol–water partition coefficient (Wildman–Crippen LogP) is 11.1. The quantitative estimate of drug-likeness (QED) is 0.0122. The number of nitrogens with zero attached hydrogens (tertiary/aromatic N) is 2. The average Bonchev–Trinajstić information content (AvgIpc) is 3.70. The number of allylic oxidation sites excluding steroid dienone is 1. The van der Waals surface area contributed by atoms with Gasteiger partial charge in [0.1, 0.15) is 17.2 Å². The molecule has 0 saturated carbocycles. The monoisotopic (exact) mass is 841 g/mol. The minimum atomic E-state index is -0.553. The number of carbonyl (C=O) groups excluding carboxylic acids is 3. The molecule has 1 aliphatic rings. The first-order chi connectivity index (χ1) is 29.9. The van der Waals surface area contributed by atoms with Crippen LogP contribution < -0.4 is 19.6 Å². The van der Waals surface area contributed by atoms with Gasteiger partial charge in [-0.15, -0.1) is 6.58 Å². The molecular weight excluding hydrogens is 791 g/mol. The lowest BCUT2D eigenvalue weighted by Crippen LogP contribution is -2.17. The van der Waals surface area contributed by atoms with Crippen LogP contribution in [-0.2, 0) is 19.1 Å². The first-order valence-corrected chi connectivity index (χ1v) is 21.5. The number of nitrogens with one attached hydrogen (secondary N) is 1. The maximum absolute atomic E-state index is 13.5. The number of ether oxygens (including phenoxy) is 5. The number of hydrogen-bond donors (Lipinski definition) is 1. The Bertz CT molecular complexity index is 2350. The van der Waals surface area contributed by atoms with Crippen LogP contribution in [0, 0.1) is 0 Å². The second-order valence-electron chi connectivity index (χ2n) is 14.3. The molecule has 5 aromatic rings. The first-order valence-electron chi connectivity index (χ1n) is 20.7. The van der Waals surface area contributed by atoms with Crippen molar-refractivity contribution in [2.45, 2.75) is 70.3 Å². The molecule has 0 amide bonds. The number of unbranched alkanes of at least 4 members (excludes halogenated alkanes) is 7. The molecule has 316 valence electrons. The van der Waals surface area contributed by atoms with E-state index in [1.165, 1.54) is 17.8 Å². The smallest absolute Gasteiger partial charge is 0.343 e. The van der Waals surface area contributed by atoms with Gasteiger partial charge in [-0.2, -0.15) is 5.10 Å². The van der Waals surface area contributed by atoms with Crippen LogP contribution in [0.5, 0.6) is 17.2 Å². The van der Waals surface area contributed by atoms with Gasteiger partial charge >= 0.3 is 17.9 Å². The molecule has 11 nitrogen and oxygen atoms in total. The Kier molecular flexibility index (Phi) is 17.0. The van der Waals surface area contributed by atoms with Gasteiger partial charge in [0.2, 0.25) is 5.13 Å². The van der Waals surface area contributed by atoms with Crippen LogP contribution in [-0.4, -0.2) is 55.0 Å². The largest absolute Gasteiger partial charge is 0.494 e. The number of rotatable bonds is 24. The Hall–Kier alpha value is -6.37. The highest BCUT2D eigenvalue weighted by Gasteiger charge is 2.18. The van der Waals surface area contributed by atoms with Gasteiger partial charge < -0.3 is 23.7 Å². The Morgan fingerprint density at radius 2 is 1.57 bits per heavy atom. The van der Waals surface area contributed by atoms with Gasteiger partial charge in [-0.1, -0.05) is 67.2 Å². The van der Waals surface area contributed by atoms with Crippen molar-refractivity contribution in [1.82, 2.24) is 4.98 Å². The van der Waals surface area contributed by atoms with Crippen LogP contribution in [0.1, 0.15) is 80.1 Å². The van der Waals surface area contributed by atoms with Crippen LogP contribution in [0.3, 0.4) is 0 Å². The van der Waals surface area contributed by atoms with E-state index in [1.807, 2.05) is 54.6 Å². The minimum Gasteiger partial charge on any atom is -0.494 e. The zero-order chi connectivity index (χ0) is 42.7. The number of esters is 3. The summed E-state index contributed by atoms with van der Waals surface area (Å²) in [6, 6.07) is 23.5. The molecule has 0 spiro atoms. The van der Waals surface area contributed by atoms with E-state index >= 15 is 0 Å². The van der Waals surface area contributed by atoms with Gasteiger partial charge in [0.25, 0.3) is 0 Å². The summed E-state index contributed by atoms with van der Waals surface area (Å²) >= 11 is 1.47. The average molecular weight is 842 g/mol. The van der Waals surface area contributed by atoms with Crippen molar-refractivity contribution in [2.24, 2.45) is 5.10 Å². The molecule has 1 N–H and O–H groups in total. The lowest BCUT2D eigenvalue weighted by Gasteiger charge is -2.17. The van der Waals surface area contributed by atoms with Crippen molar-refractivity contribution in [3.05, 3.63) is 139 Å². The van der Waals surface area contributed by atoms with Crippen LogP contribution in [0.15, 0.2) is 133 Å². The van der Waals surface area contributed by atoms with E-state index in [-0.39, 0.29) is 6.10 Å². The van der Waals surface area contributed by atoms with E-state index in [0.29, 0.717) is 65.3 Å². The first kappa shape index (κ1) is 44.2. The standard InChI is InChI=1S/C49H51N3O8S/c1-3-5-6-7-8-13-28-56-40-23-18-35(19-24-40)47(54)59-42-27-22-37-33-44(39(31-38(37)32-42)34-50-52-49-51-43-16-11-12-17-45(43)61-49)60-48(55)36-20-25-41(26-21-36)57-29-14-9-10-15-30-58-46(53)4-2/h3-4,11-12,16-23,25-27,31-34,40H,1-2,5-10,13-15,24,28-30H2,(H,51,52)/b50-34+. The number of aromatic nitrogens is 1. The number of para-hydroxylation sites is 1. The maximum Gasteiger partial charge on any atom is 0.343 e. The predicted molar refractivity (Wildman–Crippen MR) is 242 cm³/mol. The van der Waals surface area contributed by atoms with E-state index in [0.717, 1.165) is 78.4 Å². The molecule has 4 aromatic carbocycles. The highest BCUT2D eigenvalue weighted by Crippen LogP contribution is 2.31. The molecule has 0 radical (unpaired) electrons. The maximum atomic E-state index is 13.5. The molecular formula is C49H51N3O8S. The fourth-order valence-electron chi connectivity index (χ4n) is 6.45. The van der Waals surface area contributed by atoms with E-state index in [4.69, 9.17) is 23.7 Å². The Balaban J connectivity index is 1.08. The Labute approximate surface area is 360 Å². The third kappa shape index (κ3) is 13.8. The lowest BCUT2D eigenvalue weighted by atomic mass is 10.0. The number of hydrazone groups is 1. The second-order valence-corrected chi connectivity index (χ2v) is 15.4. The van der Waals surface area contributed by atoms with Gasteiger partial charge in [0, 0.05) is 18.2 Å². The molecule has 6 rings (SSSR count). The molecule has 1 unspecified atom stereocenters. The molecule has 0 fully saturated rings. The Morgan fingerprint density at radius 3 is 2.34 bits per heavy atom. The highest BCUT2D eigenvalue weighted by molar-refractivity contribution is 7.22. The van der Waals surface area contributed by atoms with Gasteiger partial charge in [-0.3, -0.25) is 5.43 Å². The molecule has 61 heavy (non-hydrogen) atoms. The summed E-state index contributed by atoms with van der Waals surface area (Å²) in [5.41, 5.74) is 5.18. The SMILES string of the molecule is C=CCCCCCCOC1C=CC(C(=O)Oc2ccc3cc(OC(=O)c4ccc(OCCCCCCOC(=O)C=C)cc4)c(/C=N/Nc4nc5ccccc5s4)cc3c2)=CC1. The van der Waals surface area contributed by atoms with E-state index in [9.17, 15) is 14.4 Å². The van der Waals surface area contributed by atoms with Crippen molar-refractivity contribution in [3.8, 4) is 17.2 Å². The number of thiazole rings is 1. The summed E-state index contributed by atoms with van der Waals surface area (Å²) in [5.74, 6) is -0.120. The summed E-state index contributed by atoms with van der Waals surface area (Å²) in [7, 11) is 0.